The topological polar surface area (TPSA) is 91.0 Å². The maximum Gasteiger partial charge on any atom is 0.293 e. The number of hydrogen-bond acceptors (Lipinski definition) is 7. The highest BCUT2D eigenvalue weighted by molar-refractivity contribution is 5.62. The number of nitrogens with zero attached hydrogens (tertiary/aromatic N) is 1. The first-order chi connectivity index (χ1) is 16.0. The summed E-state index contributed by atoms with van der Waals surface area (Å²) in [6.45, 7) is 7.12. The van der Waals surface area contributed by atoms with E-state index in [2.05, 4.69) is 9.89 Å². The Morgan fingerprint density at radius 2 is 1.70 bits per heavy atom. The molecular weight excluding hydrogens is 422 g/mol. The van der Waals surface area contributed by atoms with Crippen molar-refractivity contribution in [1.29, 1.82) is 0 Å². The van der Waals surface area contributed by atoms with Crippen LogP contribution >= 0.6 is 0 Å². The number of benzene rings is 1. The monoisotopic (exact) mass is 461 g/mol. The molecule has 2 fully saturated rings. The summed E-state index contributed by atoms with van der Waals surface area (Å²) in [4.78, 5) is 9.39. The molecule has 2 aromatic rings. The summed E-state index contributed by atoms with van der Waals surface area (Å²) in [6.07, 6.45) is 12.1. The highest BCUT2D eigenvalue weighted by Crippen LogP contribution is 2.29. The molecule has 2 aliphatic rings. The fourth-order valence-corrected chi connectivity index (χ4v) is 3.59. The summed E-state index contributed by atoms with van der Waals surface area (Å²) < 4.78 is 21.2. The lowest BCUT2D eigenvalue weighted by Gasteiger charge is -2.22. The molecule has 7 heteroatoms. The van der Waals surface area contributed by atoms with Crippen LogP contribution < -0.4 is 0 Å². The van der Waals surface area contributed by atoms with Gasteiger partial charge in [0.1, 0.15) is 5.75 Å². The normalized spacial score (nSPS) is 17.9. The van der Waals surface area contributed by atoms with Gasteiger partial charge in [-0.1, -0.05) is 43.7 Å². The van der Waals surface area contributed by atoms with E-state index in [1.54, 1.807) is 38.1 Å². The number of rotatable bonds is 6. The summed E-state index contributed by atoms with van der Waals surface area (Å²) in [6, 6.07) is 6.86. The quantitative estimate of drug-likeness (QED) is 0.504. The maximum absolute atomic E-state index is 9.39. The first-order valence-electron chi connectivity index (χ1n) is 12.1. The van der Waals surface area contributed by atoms with Crippen LogP contribution in [0, 0.1) is 6.92 Å². The van der Waals surface area contributed by atoms with E-state index in [0.717, 1.165) is 42.7 Å². The number of aryl methyl sites for hydroxylation is 1. The predicted octanol–water partition coefficient (Wildman–Crippen LogP) is 6.31. The number of phenols is 1. The molecule has 184 valence electrons. The molecule has 1 aliphatic carbocycles. The van der Waals surface area contributed by atoms with Crippen molar-refractivity contribution in [2.75, 3.05) is 6.61 Å². The van der Waals surface area contributed by atoms with E-state index in [1.165, 1.54) is 38.5 Å². The zero-order chi connectivity index (χ0) is 23.9. The van der Waals surface area contributed by atoms with Crippen LogP contribution in [0.2, 0.25) is 0 Å². The number of carbonyl (C=O) groups excluding carboxylic acids is 1. The molecule has 1 unspecified atom stereocenters. The molecule has 1 atom stereocenters. The molecule has 1 N–H and O–H groups in total. The van der Waals surface area contributed by atoms with Crippen LogP contribution in [0.1, 0.15) is 82.9 Å². The minimum atomic E-state index is -0.138. The van der Waals surface area contributed by atoms with Crippen molar-refractivity contribution in [3.8, 4) is 17.1 Å². The van der Waals surface area contributed by atoms with E-state index < -0.39 is 0 Å². The average Bonchev–Trinajstić information content (AvgIpc) is 3.21. The standard InChI is InChI=1S/C16H19NO4.C6H12.C4H8O2/c1-11-14(10-20-15-4-2-3-9-19-15)16(21-17-11)12-5-7-13(18)8-6-12;1-2-4-6-5-3-1;1-4(2)6-3-5/h5-8,15,18H,2-4,9-10H2,1H3;1-6H2;3-4H,1-2H3. The first-order valence-corrected chi connectivity index (χ1v) is 12.1. The number of aromatic hydroxyl groups is 1. The van der Waals surface area contributed by atoms with Gasteiger partial charge in [0.2, 0.25) is 0 Å². The van der Waals surface area contributed by atoms with Gasteiger partial charge in [0.25, 0.3) is 6.47 Å². The molecular formula is C26H39NO6. The number of phenolic OH excluding ortho intramolecular Hbond substituents is 1. The fraction of sp³-hybridized carbons (Fsp3) is 0.615. The summed E-state index contributed by atoms with van der Waals surface area (Å²) in [5, 5.41) is 13.4. The molecule has 1 aromatic carbocycles. The van der Waals surface area contributed by atoms with Gasteiger partial charge in [-0.05, 0) is 64.3 Å². The molecule has 0 bridgehead atoms. The highest BCUT2D eigenvalue weighted by atomic mass is 16.7. The van der Waals surface area contributed by atoms with Crippen molar-refractivity contribution >= 4 is 6.47 Å². The molecule has 7 nitrogen and oxygen atoms in total. The van der Waals surface area contributed by atoms with E-state index in [-0.39, 0.29) is 18.1 Å². The van der Waals surface area contributed by atoms with Gasteiger partial charge in [0, 0.05) is 17.7 Å². The zero-order valence-corrected chi connectivity index (χ0v) is 20.3. The lowest BCUT2D eigenvalue weighted by atomic mass is 10.0. The van der Waals surface area contributed by atoms with Crippen LogP contribution in [0.25, 0.3) is 11.3 Å². The van der Waals surface area contributed by atoms with E-state index in [4.69, 9.17) is 14.0 Å². The molecule has 2 heterocycles. The van der Waals surface area contributed by atoms with Crippen molar-refractivity contribution < 1.29 is 28.6 Å². The molecule has 0 amide bonds. The van der Waals surface area contributed by atoms with Crippen molar-refractivity contribution in [3.05, 3.63) is 35.5 Å². The SMILES string of the molecule is C1CCCCC1.CC(C)OC=O.Cc1noc(-c2ccc(O)cc2)c1COC1CCCCO1. The largest absolute Gasteiger partial charge is 0.508 e. The molecule has 1 saturated carbocycles. The molecule has 33 heavy (non-hydrogen) atoms. The van der Waals surface area contributed by atoms with E-state index in [0.29, 0.717) is 18.8 Å². The third-order valence-electron chi connectivity index (χ3n) is 5.49. The van der Waals surface area contributed by atoms with Gasteiger partial charge in [-0.3, -0.25) is 4.79 Å². The van der Waals surface area contributed by atoms with Crippen LogP contribution in [0.3, 0.4) is 0 Å². The molecule has 1 aliphatic heterocycles. The van der Waals surface area contributed by atoms with Crippen molar-refractivity contribution in [1.82, 2.24) is 5.16 Å². The Morgan fingerprint density at radius 1 is 1.06 bits per heavy atom. The van der Waals surface area contributed by atoms with Crippen molar-refractivity contribution in [2.24, 2.45) is 0 Å². The minimum Gasteiger partial charge on any atom is -0.508 e. The summed E-state index contributed by atoms with van der Waals surface area (Å²) in [5.41, 5.74) is 2.61. The van der Waals surface area contributed by atoms with Gasteiger partial charge in [0.05, 0.1) is 18.4 Å². The first kappa shape index (κ1) is 26.9. The van der Waals surface area contributed by atoms with Crippen molar-refractivity contribution in [3.63, 3.8) is 0 Å². The summed E-state index contributed by atoms with van der Waals surface area (Å²) >= 11 is 0. The molecule has 0 radical (unpaired) electrons. The van der Waals surface area contributed by atoms with Crippen LogP contribution in [0.5, 0.6) is 5.75 Å². The van der Waals surface area contributed by atoms with Crippen LogP contribution in [0.4, 0.5) is 0 Å². The Morgan fingerprint density at radius 3 is 2.18 bits per heavy atom. The van der Waals surface area contributed by atoms with Gasteiger partial charge in [-0.2, -0.15) is 0 Å². The summed E-state index contributed by atoms with van der Waals surface area (Å²) in [7, 11) is 0. The van der Waals surface area contributed by atoms with Gasteiger partial charge in [0.15, 0.2) is 12.1 Å². The Hall–Kier alpha value is -2.38. The Labute approximate surface area is 197 Å². The molecule has 1 saturated heterocycles. The number of carbonyl (C=O) groups is 1. The second kappa shape index (κ2) is 15.5. The smallest absolute Gasteiger partial charge is 0.293 e. The Balaban J connectivity index is 0.000000263. The Kier molecular flexibility index (Phi) is 12.6. The van der Waals surface area contributed by atoms with Gasteiger partial charge >= 0.3 is 0 Å². The summed E-state index contributed by atoms with van der Waals surface area (Å²) in [5.74, 6) is 0.909. The van der Waals surface area contributed by atoms with E-state index in [1.807, 2.05) is 6.92 Å². The third-order valence-corrected chi connectivity index (χ3v) is 5.49. The van der Waals surface area contributed by atoms with Gasteiger partial charge in [-0.25, -0.2) is 0 Å². The van der Waals surface area contributed by atoms with Crippen LogP contribution in [-0.4, -0.2) is 35.7 Å². The average molecular weight is 462 g/mol. The maximum atomic E-state index is 9.39. The number of ether oxygens (including phenoxy) is 3. The number of aromatic nitrogens is 1. The Bertz CT molecular complexity index is 765. The van der Waals surface area contributed by atoms with Crippen LogP contribution in [-0.2, 0) is 25.6 Å². The molecule has 4 rings (SSSR count). The van der Waals surface area contributed by atoms with Crippen LogP contribution in [0.15, 0.2) is 28.8 Å². The zero-order valence-electron chi connectivity index (χ0n) is 20.3. The predicted molar refractivity (Wildman–Crippen MR) is 127 cm³/mol. The fourth-order valence-electron chi connectivity index (χ4n) is 3.59. The highest BCUT2D eigenvalue weighted by Gasteiger charge is 2.19. The van der Waals surface area contributed by atoms with Gasteiger partial charge < -0.3 is 23.8 Å². The van der Waals surface area contributed by atoms with Gasteiger partial charge in [-0.15, -0.1) is 0 Å². The lowest BCUT2D eigenvalue weighted by Crippen LogP contribution is -2.22. The van der Waals surface area contributed by atoms with Crippen molar-refractivity contribution in [2.45, 2.75) is 97.6 Å². The molecule has 1 aromatic heterocycles. The second-order valence-corrected chi connectivity index (χ2v) is 8.63. The van der Waals surface area contributed by atoms with E-state index >= 15 is 0 Å². The third kappa shape index (κ3) is 10.4. The second-order valence-electron chi connectivity index (χ2n) is 8.63. The molecule has 0 spiro atoms. The lowest BCUT2D eigenvalue weighted by molar-refractivity contribution is -0.168. The van der Waals surface area contributed by atoms with E-state index in [9.17, 15) is 9.90 Å². The minimum absolute atomic E-state index is 0.0301. The number of hydrogen-bond donors (Lipinski definition) is 1.